The van der Waals surface area contributed by atoms with Crippen molar-refractivity contribution in [2.75, 3.05) is 25.1 Å². The maximum absolute atomic E-state index is 12.8. The van der Waals surface area contributed by atoms with E-state index in [-0.39, 0.29) is 36.5 Å². The van der Waals surface area contributed by atoms with E-state index < -0.39 is 11.8 Å². The van der Waals surface area contributed by atoms with Crippen molar-refractivity contribution in [1.29, 1.82) is 0 Å². The van der Waals surface area contributed by atoms with E-state index in [0.717, 1.165) is 6.42 Å². The molecule has 1 aliphatic carbocycles. The van der Waals surface area contributed by atoms with Gasteiger partial charge in [-0.25, -0.2) is 8.78 Å². The number of rotatable bonds is 4. The van der Waals surface area contributed by atoms with Gasteiger partial charge in [-0.05, 0) is 25.0 Å². The van der Waals surface area contributed by atoms with Crippen LogP contribution in [0.15, 0.2) is 23.2 Å². The van der Waals surface area contributed by atoms with Crippen LogP contribution in [-0.2, 0) is 0 Å². The number of ether oxygens (including phenoxy) is 2. The molecular formula is C15H20F2IN3O2. The van der Waals surface area contributed by atoms with Crippen LogP contribution >= 0.6 is 24.0 Å². The van der Waals surface area contributed by atoms with E-state index in [2.05, 4.69) is 10.3 Å². The molecule has 5 nitrogen and oxygen atoms in total. The summed E-state index contributed by atoms with van der Waals surface area (Å²) in [6.45, 7) is 1.27. The van der Waals surface area contributed by atoms with Gasteiger partial charge >= 0.3 is 0 Å². The van der Waals surface area contributed by atoms with Crippen LogP contribution in [0, 0.1) is 5.41 Å². The molecule has 0 aromatic heterocycles. The Bertz CT molecular complexity index is 580. The maximum atomic E-state index is 12.8. The van der Waals surface area contributed by atoms with E-state index in [9.17, 15) is 8.78 Å². The molecule has 0 bridgehead atoms. The first-order valence-electron chi connectivity index (χ1n) is 7.34. The number of hydrogen-bond donors (Lipinski definition) is 2. The summed E-state index contributed by atoms with van der Waals surface area (Å²) in [5.41, 5.74) is 5.50. The predicted octanol–water partition coefficient (Wildman–Crippen LogP) is 3.24. The summed E-state index contributed by atoms with van der Waals surface area (Å²) in [5, 5.41) is 2.90. The first-order chi connectivity index (χ1) is 10.6. The SMILES string of the molecule is I.NC(=NCC1(C(F)F)CC1)Nc1ccc2c(c1)OCCCO2. The van der Waals surface area contributed by atoms with Gasteiger partial charge in [0.05, 0.1) is 25.2 Å². The molecule has 1 saturated carbocycles. The minimum absolute atomic E-state index is 0. The lowest BCUT2D eigenvalue weighted by molar-refractivity contribution is 0.0667. The third-order valence-electron chi connectivity index (χ3n) is 3.94. The highest BCUT2D eigenvalue weighted by molar-refractivity contribution is 14.0. The van der Waals surface area contributed by atoms with Crippen molar-refractivity contribution in [3.05, 3.63) is 18.2 Å². The Labute approximate surface area is 150 Å². The van der Waals surface area contributed by atoms with Crippen LogP contribution in [0.4, 0.5) is 14.5 Å². The van der Waals surface area contributed by atoms with Crippen LogP contribution < -0.4 is 20.5 Å². The molecule has 0 saturated heterocycles. The fourth-order valence-electron chi connectivity index (χ4n) is 2.28. The van der Waals surface area contributed by atoms with Crippen molar-refractivity contribution >= 4 is 35.6 Å². The Morgan fingerprint density at radius 1 is 1.26 bits per heavy atom. The van der Waals surface area contributed by atoms with Crippen molar-refractivity contribution in [2.24, 2.45) is 16.1 Å². The molecule has 23 heavy (non-hydrogen) atoms. The average Bonchev–Trinajstić information content (AvgIpc) is 3.29. The number of nitrogens with one attached hydrogen (secondary N) is 1. The molecule has 0 spiro atoms. The number of hydrogen-bond acceptors (Lipinski definition) is 3. The highest BCUT2D eigenvalue weighted by Crippen LogP contribution is 2.50. The second-order valence-corrected chi connectivity index (χ2v) is 5.70. The highest BCUT2D eigenvalue weighted by Gasteiger charge is 2.50. The minimum Gasteiger partial charge on any atom is -0.490 e. The van der Waals surface area contributed by atoms with Gasteiger partial charge in [-0.1, -0.05) is 0 Å². The molecule has 3 rings (SSSR count). The molecule has 1 aliphatic heterocycles. The first-order valence-corrected chi connectivity index (χ1v) is 7.34. The molecule has 1 heterocycles. The van der Waals surface area contributed by atoms with Crippen LogP contribution in [0.25, 0.3) is 0 Å². The van der Waals surface area contributed by atoms with Crippen LogP contribution in [0.5, 0.6) is 11.5 Å². The number of halogens is 3. The van der Waals surface area contributed by atoms with Gasteiger partial charge in [-0.15, -0.1) is 24.0 Å². The Balaban J connectivity index is 0.00000192. The largest absolute Gasteiger partial charge is 0.490 e. The number of aliphatic imine (C=N–C) groups is 1. The van der Waals surface area contributed by atoms with Crippen LogP contribution in [0.1, 0.15) is 19.3 Å². The minimum atomic E-state index is -2.35. The zero-order valence-electron chi connectivity index (χ0n) is 12.6. The van der Waals surface area contributed by atoms with Crippen LogP contribution in [0.2, 0.25) is 0 Å². The Hall–Kier alpha value is -1.32. The summed E-state index contributed by atoms with van der Waals surface area (Å²) >= 11 is 0. The van der Waals surface area contributed by atoms with Crippen molar-refractivity contribution in [1.82, 2.24) is 0 Å². The zero-order chi connectivity index (χ0) is 15.6. The van der Waals surface area contributed by atoms with Gasteiger partial charge in [0.1, 0.15) is 0 Å². The fraction of sp³-hybridized carbons (Fsp3) is 0.533. The predicted molar refractivity (Wildman–Crippen MR) is 95.2 cm³/mol. The van der Waals surface area contributed by atoms with Crippen LogP contribution in [0.3, 0.4) is 0 Å². The fourth-order valence-corrected chi connectivity index (χ4v) is 2.28. The van der Waals surface area contributed by atoms with Crippen molar-refractivity contribution < 1.29 is 18.3 Å². The smallest absolute Gasteiger partial charge is 0.245 e. The third-order valence-corrected chi connectivity index (χ3v) is 3.94. The number of nitrogens with two attached hydrogens (primary N) is 1. The lowest BCUT2D eigenvalue weighted by Gasteiger charge is -2.13. The van der Waals surface area contributed by atoms with Gasteiger partial charge in [0.25, 0.3) is 0 Å². The Morgan fingerprint density at radius 3 is 2.61 bits per heavy atom. The molecule has 3 N–H and O–H groups in total. The van der Waals surface area contributed by atoms with E-state index in [4.69, 9.17) is 15.2 Å². The van der Waals surface area contributed by atoms with Gasteiger partial charge in [0, 0.05) is 18.2 Å². The highest BCUT2D eigenvalue weighted by atomic mass is 127. The number of fused-ring (bicyclic) bond motifs is 1. The molecule has 0 atom stereocenters. The normalized spacial score (nSPS) is 18.8. The zero-order valence-corrected chi connectivity index (χ0v) is 14.9. The summed E-state index contributed by atoms with van der Waals surface area (Å²) in [5.74, 6) is 1.45. The quantitative estimate of drug-likeness (QED) is 0.430. The van der Waals surface area contributed by atoms with Gasteiger partial charge < -0.3 is 20.5 Å². The first kappa shape index (κ1) is 18.0. The second-order valence-electron chi connectivity index (χ2n) is 5.70. The van der Waals surface area contributed by atoms with E-state index in [1.165, 1.54) is 0 Å². The van der Waals surface area contributed by atoms with Gasteiger partial charge in [-0.2, -0.15) is 0 Å². The summed E-state index contributed by atoms with van der Waals surface area (Å²) in [6.07, 6.45) is -0.504. The lowest BCUT2D eigenvalue weighted by atomic mass is 10.1. The average molecular weight is 439 g/mol. The number of guanidine groups is 1. The summed E-state index contributed by atoms with van der Waals surface area (Å²) in [4.78, 5) is 4.04. The lowest BCUT2D eigenvalue weighted by Crippen LogP contribution is -2.25. The number of nitrogens with zero attached hydrogens (tertiary/aromatic N) is 1. The Kier molecular flexibility index (Phi) is 5.88. The molecule has 0 amide bonds. The number of alkyl halides is 2. The van der Waals surface area contributed by atoms with Gasteiger partial charge in [0.15, 0.2) is 17.5 Å². The van der Waals surface area contributed by atoms with Crippen molar-refractivity contribution in [3.8, 4) is 11.5 Å². The molecule has 128 valence electrons. The molecule has 1 fully saturated rings. The molecular weight excluding hydrogens is 419 g/mol. The summed E-state index contributed by atoms with van der Waals surface area (Å²) in [6, 6.07) is 5.34. The molecule has 1 aromatic rings. The summed E-state index contributed by atoms with van der Waals surface area (Å²) < 4.78 is 36.8. The molecule has 0 unspecified atom stereocenters. The van der Waals surface area contributed by atoms with E-state index >= 15 is 0 Å². The standard InChI is InChI=1S/C15H19F2N3O2.HI/c16-13(17)15(4-5-15)9-19-14(18)20-10-2-3-11-12(8-10)22-7-1-6-21-11;/h2-3,8,13H,1,4-7,9H2,(H3,18,19,20);1H. The van der Waals surface area contributed by atoms with Crippen molar-refractivity contribution in [3.63, 3.8) is 0 Å². The second kappa shape index (κ2) is 7.50. The molecule has 8 heteroatoms. The third kappa shape index (κ3) is 4.36. The van der Waals surface area contributed by atoms with E-state index in [1.54, 1.807) is 18.2 Å². The Morgan fingerprint density at radius 2 is 1.96 bits per heavy atom. The summed E-state index contributed by atoms with van der Waals surface area (Å²) in [7, 11) is 0. The monoisotopic (exact) mass is 439 g/mol. The van der Waals surface area contributed by atoms with Gasteiger partial charge in [0.2, 0.25) is 6.43 Å². The van der Waals surface area contributed by atoms with E-state index in [0.29, 0.717) is 43.2 Å². The number of anilines is 1. The molecule has 0 radical (unpaired) electrons. The van der Waals surface area contributed by atoms with Crippen molar-refractivity contribution in [2.45, 2.75) is 25.7 Å². The maximum Gasteiger partial charge on any atom is 0.245 e. The van der Waals surface area contributed by atoms with Gasteiger partial charge in [-0.3, -0.25) is 4.99 Å². The molecule has 1 aromatic carbocycles. The number of benzene rings is 1. The molecule has 2 aliphatic rings. The van der Waals surface area contributed by atoms with Crippen LogP contribution in [-0.4, -0.2) is 32.1 Å². The topological polar surface area (TPSA) is 68.9 Å². The van der Waals surface area contributed by atoms with E-state index in [1.807, 2.05) is 0 Å².